The highest BCUT2D eigenvalue weighted by Crippen LogP contribution is 2.35. The van der Waals surface area contributed by atoms with E-state index in [-0.39, 0.29) is 11.9 Å². The minimum atomic E-state index is -0.157. The summed E-state index contributed by atoms with van der Waals surface area (Å²) in [6.07, 6.45) is 0.591. The Hall–Kier alpha value is -2.04. The largest absolute Gasteiger partial charge is 0.497 e. The molecule has 0 fully saturated rings. The molecule has 1 unspecified atom stereocenters. The van der Waals surface area contributed by atoms with Crippen LogP contribution in [-0.4, -0.2) is 23.7 Å². The topological polar surface area (TPSA) is 41.9 Å². The number of carbonyl (C=O) groups is 1. The third-order valence-electron chi connectivity index (χ3n) is 3.98. The molecule has 0 bridgehead atoms. The summed E-state index contributed by atoms with van der Waals surface area (Å²) in [6.45, 7) is 1.51. The lowest BCUT2D eigenvalue weighted by molar-refractivity contribution is -0.130. The van der Waals surface area contributed by atoms with Gasteiger partial charge in [0.1, 0.15) is 5.75 Å². The number of methoxy groups -OCH3 is 1. The van der Waals surface area contributed by atoms with E-state index in [1.807, 2.05) is 30.3 Å². The first-order valence-corrected chi connectivity index (χ1v) is 8.22. The van der Waals surface area contributed by atoms with E-state index in [9.17, 15) is 4.79 Å². The number of halogens is 2. The number of rotatable bonds is 3. The normalized spacial score (nSPS) is 16.9. The second-order valence-corrected chi connectivity index (χ2v) is 6.37. The van der Waals surface area contributed by atoms with Crippen molar-refractivity contribution < 1.29 is 9.53 Å². The van der Waals surface area contributed by atoms with E-state index in [4.69, 9.17) is 27.9 Å². The van der Waals surface area contributed by atoms with E-state index in [2.05, 4.69) is 5.10 Å². The number of benzene rings is 2. The maximum Gasteiger partial charge on any atom is 0.240 e. The summed E-state index contributed by atoms with van der Waals surface area (Å²) in [7, 11) is 1.62. The van der Waals surface area contributed by atoms with E-state index in [1.165, 1.54) is 11.9 Å². The molecule has 0 aromatic heterocycles. The summed E-state index contributed by atoms with van der Waals surface area (Å²) in [4.78, 5) is 12.0. The molecule has 2 aromatic carbocycles. The molecule has 1 aliphatic rings. The van der Waals surface area contributed by atoms with Crippen LogP contribution in [0.2, 0.25) is 10.0 Å². The zero-order chi connectivity index (χ0) is 17.3. The third-order valence-corrected chi connectivity index (χ3v) is 4.52. The van der Waals surface area contributed by atoms with Crippen LogP contribution in [0.1, 0.15) is 30.5 Å². The van der Waals surface area contributed by atoms with Crippen LogP contribution >= 0.6 is 23.2 Å². The Balaban J connectivity index is 1.94. The number of hydrogen-bond acceptors (Lipinski definition) is 3. The molecule has 0 N–H and O–H groups in total. The Kier molecular flexibility index (Phi) is 4.78. The van der Waals surface area contributed by atoms with Crippen molar-refractivity contribution in [2.45, 2.75) is 19.4 Å². The molecule has 0 saturated carbocycles. The fourth-order valence-corrected chi connectivity index (χ4v) is 3.29. The van der Waals surface area contributed by atoms with Crippen LogP contribution in [0.5, 0.6) is 5.75 Å². The highest BCUT2D eigenvalue weighted by atomic mass is 35.5. The molecule has 1 heterocycles. The standard InChI is InChI=1S/C18H16Cl2N2O2/c1-11(23)22-18(12-3-6-14(24-2)7-4-12)10-17(21-22)15-8-5-13(19)9-16(15)20/h3-9,18H,10H2,1-2H3. The summed E-state index contributed by atoms with van der Waals surface area (Å²) < 4.78 is 5.18. The van der Waals surface area contributed by atoms with Gasteiger partial charge in [-0.25, -0.2) is 5.01 Å². The van der Waals surface area contributed by atoms with Crippen LogP contribution in [0.25, 0.3) is 0 Å². The van der Waals surface area contributed by atoms with Gasteiger partial charge in [0.05, 0.1) is 23.9 Å². The lowest BCUT2D eigenvalue weighted by Crippen LogP contribution is -2.24. The molecule has 0 spiro atoms. The Bertz CT molecular complexity index is 803. The monoisotopic (exact) mass is 362 g/mol. The molecule has 0 aliphatic carbocycles. The van der Waals surface area contributed by atoms with Gasteiger partial charge in [0.25, 0.3) is 0 Å². The maximum absolute atomic E-state index is 12.0. The van der Waals surface area contributed by atoms with Gasteiger partial charge in [0.15, 0.2) is 0 Å². The Morgan fingerprint density at radius 3 is 2.50 bits per heavy atom. The van der Waals surface area contributed by atoms with Crippen molar-refractivity contribution >= 4 is 34.8 Å². The molecule has 3 rings (SSSR count). The Labute approximate surface area is 150 Å². The van der Waals surface area contributed by atoms with E-state index >= 15 is 0 Å². The second kappa shape index (κ2) is 6.83. The fraction of sp³-hybridized carbons (Fsp3) is 0.222. The first-order chi connectivity index (χ1) is 11.5. The van der Waals surface area contributed by atoms with Gasteiger partial charge >= 0.3 is 0 Å². The van der Waals surface area contributed by atoms with Gasteiger partial charge in [-0.3, -0.25) is 4.79 Å². The molecular weight excluding hydrogens is 347 g/mol. The van der Waals surface area contributed by atoms with E-state index in [1.54, 1.807) is 19.2 Å². The fourth-order valence-electron chi connectivity index (χ4n) is 2.77. The summed E-state index contributed by atoms with van der Waals surface area (Å²) >= 11 is 12.2. The molecule has 0 radical (unpaired) electrons. The first-order valence-electron chi connectivity index (χ1n) is 7.46. The lowest BCUT2D eigenvalue weighted by Gasteiger charge is -2.20. The molecule has 2 aromatic rings. The molecule has 4 nitrogen and oxygen atoms in total. The molecule has 6 heteroatoms. The van der Waals surface area contributed by atoms with Crippen molar-refractivity contribution in [3.05, 3.63) is 63.6 Å². The van der Waals surface area contributed by atoms with Crippen LogP contribution in [0.4, 0.5) is 0 Å². The number of amides is 1. The third kappa shape index (κ3) is 3.25. The van der Waals surface area contributed by atoms with Crippen molar-refractivity contribution in [2.24, 2.45) is 5.10 Å². The average Bonchev–Trinajstić information content (AvgIpc) is 3.00. The zero-order valence-corrected chi connectivity index (χ0v) is 14.8. The highest BCUT2D eigenvalue weighted by molar-refractivity contribution is 6.37. The predicted octanol–water partition coefficient (Wildman–Crippen LogP) is 4.70. The molecule has 124 valence electrons. The van der Waals surface area contributed by atoms with Crippen molar-refractivity contribution in [2.75, 3.05) is 7.11 Å². The van der Waals surface area contributed by atoms with Crippen molar-refractivity contribution in [1.82, 2.24) is 5.01 Å². The van der Waals surface area contributed by atoms with Gasteiger partial charge in [0.2, 0.25) is 5.91 Å². The summed E-state index contributed by atoms with van der Waals surface area (Å²) in [5, 5.41) is 7.09. The lowest BCUT2D eigenvalue weighted by atomic mass is 9.98. The molecule has 0 saturated heterocycles. The minimum Gasteiger partial charge on any atom is -0.497 e. The van der Waals surface area contributed by atoms with Crippen LogP contribution in [0, 0.1) is 0 Å². The van der Waals surface area contributed by atoms with Gasteiger partial charge in [-0.2, -0.15) is 5.10 Å². The number of hydrogen-bond donors (Lipinski definition) is 0. The second-order valence-electron chi connectivity index (χ2n) is 5.53. The SMILES string of the molecule is COc1ccc(C2CC(c3ccc(Cl)cc3Cl)=NN2C(C)=O)cc1. The van der Waals surface area contributed by atoms with Crippen molar-refractivity contribution in [3.63, 3.8) is 0 Å². The summed E-state index contributed by atoms with van der Waals surface area (Å²) in [5.41, 5.74) is 2.56. The predicted molar refractivity (Wildman–Crippen MR) is 95.9 cm³/mol. The van der Waals surface area contributed by atoms with E-state index < -0.39 is 0 Å². The maximum atomic E-state index is 12.0. The van der Waals surface area contributed by atoms with Crippen molar-refractivity contribution in [3.8, 4) is 5.75 Å². The first kappa shape index (κ1) is 16.8. The smallest absolute Gasteiger partial charge is 0.240 e. The van der Waals surface area contributed by atoms with Gasteiger partial charge in [-0.15, -0.1) is 0 Å². The van der Waals surface area contributed by atoms with E-state index in [0.717, 1.165) is 22.6 Å². The number of nitrogens with zero attached hydrogens (tertiary/aromatic N) is 2. The number of ether oxygens (including phenoxy) is 1. The number of hydrazone groups is 1. The molecule has 1 amide bonds. The average molecular weight is 363 g/mol. The Morgan fingerprint density at radius 2 is 1.92 bits per heavy atom. The zero-order valence-electron chi connectivity index (χ0n) is 13.3. The minimum absolute atomic E-state index is 0.115. The molecule has 1 atom stereocenters. The van der Waals surface area contributed by atoms with Crippen LogP contribution < -0.4 is 4.74 Å². The summed E-state index contributed by atoms with van der Waals surface area (Å²) in [6, 6.07) is 12.8. The molecule has 1 aliphatic heterocycles. The van der Waals surface area contributed by atoms with Gasteiger partial charge < -0.3 is 4.74 Å². The highest BCUT2D eigenvalue weighted by Gasteiger charge is 2.32. The van der Waals surface area contributed by atoms with Gasteiger partial charge in [-0.1, -0.05) is 41.4 Å². The summed E-state index contributed by atoms with van der Waals surface area (Å²) in [5.74, 6) is 0.656. The van der Waals surface area contributed by atoms with Gasteiger partial charge in [0, 0.05) is 23.9 Å². The van der Waals surface area contributed by atoms with E-state index in [0.29, 0.717) is 16.5 Å². The van der Waals surface area contributed by atoms with Crippen LogP contribution in [0.3, 0.4) is 0 Å². The van der Waals surface area contributed by atoms with Crippen LogP contribution in [0.15, 0.2) is 47.6 Å². The quantitative estimate of drug-likeness (QED) is 0.793. The Morgan fingerprint density at radius 1 is 1.21 bits per heavy atom. The number of carbonyl (C=O) groups excluding carboxylic acids is 1. The molecular formula is C18H16Cl2N2O2. The van der Waals surface area contributed by atoms with Gasteiger partial charge in [-0.05, 0) is 29.8 Å². The van der Waals surface area contributed by atoms with Crippen molar-refractivity contribution in [1.29, 1.82) is 0 Å². The molecule has 24 heavy (non-hydrogen) atoms. The van der Waals surface area contributed by atoms with Crippen LogP contribution in [-0.2, 0) is 4.79 Å².